The van der Waals surface area contributed by atoms with Crippen molar-refractivity contribution in [2.75, 3.05) is 32.7 Å². The van der Waals surface area contributed by atoms with E-state index in [4.69, 9.17) is 18.7 Å². The number of carbonyl (C=O) groups excluding carboxylic acids is 1. The van der Waals surface area contributed by atoms with E-state index in [2.05, 4.69) is 20.4 Å². The van der Waals surface area contributed by atoms with Crippen LogP contribution in [-0.4, -0.2) is 65.5 Å². The van der Waals surface area contributed by atoms with Crippen LogP contribution >= 0.6 is 0 Å². The Morgan fingerprint density at radius 3 is 2.49 bits per heavy atom. The number of Topliss-reactive ketones (excluding diaryl/α,β-unsaturated/α-hetero) is 1. The lowest BCUT2D eigenvalue weighted by molar-refractivity contribution is -0.180. The van der Waals surface area contributed by atoms with Gasteiger partial charge in [0.2, 0.25) is 5.89 Å². The smallest absolute Gasteiger partial charge is 0.450 e. The number of aryl methyl sites for hydroxylation is 2. The van der Waals surface area contributed by atoms with Crippen LogP contribution in [-0.2, 0) is 40.2 Å². The first-order chi connectivity index (χ1) is 19.6. The van der Waals surface area contributed by atoms with Gasteiger partial charge in [-0.1, -0.05) is 11.2 Å². The molecule has 14 heteroatoms. The number of methoxy groups -OCH3 is 2. The second-order valence-electron chi connectivity index (χ2n) is 9.38. The highest BCUT2D eigenvalue weighted by Gasteiger charge is 2.50. The van der Waals surface area contributed by atoms with Gasteiger partial charge < -0.3 is 29.2 Å². The number of alkyl halides is 3. The van der Waals surface area contributed by atoms with Crippen LogP contribution in [0.15, 0.2) is 34.9 Å². The zero-order chi connectivity index (χ0) is 29.6. The quantitative estimate of drug-likeness (QED) is 0.303. The highest BCUT2D eigenvalue weighted by molar-refractivity contribution is 6.02. The highest BCUT2D eigenvalue weighted by Crippen LogP contribution is 2.37. The lowest BCUT2D eigenvalue weighted by Crippen LogP contribution is -2.39. The Morgan fingerprint density at radius 2 is 1.83 bits per heavy atom. The summed E-state index contributed by atoms with van der Waals surface area (Å²) in [7, 11) is 2.67. The summed E-state index contributed by atoms with van der Waals surface area (Å²) in [5.41, 5.74) is 1.89. The molecule has 0 bridgehead atoms. The normalized spacial score (nSPS) is 14.8. The van der Waals surface area contributed by atoms with Gasteiger partial charge in [-0.2, -0.15) is 18.2 Å². The van der Waals surface area contributed by atoms with E-state index in [1.165, 1.54) is 32.4 Å². The number of aliphatic carboxylic acids is 1. The molecule has 0 saturated heterocycles. The summed E-state index contributed by atoms with van der Waals surface area (Å²) in [6, 6.07) is 8.03. The molecule has 2 N–H and O–H groups in total. The molecule has 0 aliphatic carbocycles. The lowest BCUT2D eigenvalue weighted by atomic mass is 9.80. The number of hydrogen-bond acceptors (Lipinski definition) is 10. The van der Waals surface area contributed by atoms with Gasteiger partial charge in [0.25, 0.3) is 5.78 Å². The topological polar surface area (TPSA) is 146 Å². The Balaban J connectivity index is 1.52. The fourth-order valence-electron chi connectivity index (χ4n) is 4.57. The Labute approximate surface area is 233 Å². The zero-order valence-corrected chi connectivity index (χ0v) is 22.4. The third-order valence-electron chi connectivity index (χ3n) is 6.60. The summed E-state index contributed by atoms with van der Waals surface area (Å²) < 4.78 is 61.4. The van der Waals surface area contributed by atoms with Crippen LogP contribution in [0.1, 0.15) is 40.9 Å². The zero-order valence-electron chi connectivity index (χ0n) is 22.4. The lowest BCUT2D eigenvalue weighted by Gasteiger charge is -2.24. The van der Waals surface area contributed by atoms with Crippen LogP contribution in [0.4, 0.5) is 19.0 Å². The number of carboxylic acids is 1. The average molecular weight is 579 g/mol. The molecule has 4 rings (SSSR count). The maximum atomic E-state index is 13.4. The van der Waals surface area contributed by atoms with Gasteiger partial charge in [0.05, 0.1) is 27.4 Å². The summed E-state index contributed by atoms with van der Waals surface area (Å²) in [6.07, 6.45) is -4.24. The van der Waals surface area contributed by atoms with E-state index in [0.717, 1.165) is 17.1 Å². The third-order valence-corrected chi connectivity index (χ3v) is 6.60. The molecule has 1 aromatic carbocycles. The number of nitrogens with zero attached hydrogens (tertiary/aromatic N) is 3. The van der Waals surface area contributed by atoms with Crippen molar-refractivity contribution in [3.05, 3.63) is 58.9 Å². The first kappa shape index (κ1) is 29.8. The number of ether oxygens (including phenoxy) is 3. The Bertz CT molecular complexity index is 1360. The first-order valence-corrected chi connectivity index (χ1v) is 12.8. The van der Waals surface area contributed by atoms with Crippen LogP contribution < -0.4 is 14.8 Å². The largest absolute Gasteiger partial charge is 0.497 e. The van der Waals surface area contributed by atoms with E-state index in [1.54, 1.807) is 0 Å². The SMILES string of the molecule is COc1cc(OC)cc(C(Cc2nc(CCCc3ccc4c(n3)NCCOC4)no2)C(C(=O)O)C(=O)C(F)(F)F)c1. The van der Waals surface area contributed by atoms with Crippen molar-refractivity contribution in [1.29, 1.82) is 0 Å². The molecule has 41 heavy (non-hydrogen) atoms. The van der Waals surface area contributed by atoms with E-state index >= 15 is 0 Å². The van der Waals surface area contributed by atoms with Crippen LogP contribution in [0.2, 0.25) is 0 Å². The maximum Gasteiger partial charge on any atom is 0.450 e. The molecule has 2 aromatic heterocycles. The number of benzene rings is 1. The van der Waals surface area contributed by atoms with Crippen LogP contribution in [0.25, 0.3) is 0 Å². The summed E-state index contributed by atoms with van der Waals surface area (Å²) in [4.78, 5) is 33.2. The number of ketones is 1. The Morgan fingerprint density at radius 1 is 1.10 bits per heavy atom. The Hall–Kier alpha value is -4.20. The van der Waals surface area contributed by atoms with Crippen molar-refractivity contribution < 1.29 is 46.6 Å². The molecule has 220 valence electrons. The number of rotatable bonds is 12. The Kier molecular flexibility index (Phi) is 9.42. The van der Waals surface area contributed by atoms with Gasteiger partial charge in [0.1, 0.15) is 23.2 Å². The second-order valence-corrected chi connectivity index (χ2v) is 9.38. The monoisotopic (exact) mass is 578 g/mol. The number of aromatic nitrogens is 3. The van der Waals surface area contributed by atoms with E-state index < -0.39 is 36.2 Å². The summed E-state index contributed by atoms with van der Waals surface area (Å²) in [6.45, 7) is 1.74. The van der Waals surface area contributed by atoms with E-state index in [0.29, 0.717) is 39.0 Å². The third kappa shape index (κ3) is 7.51. The fraction of sp³-hybridized carbons (Fsp3) is 0.444. The van der Waals surface area contributed by atoms with Gasteiger partial charge in [0, 0.05) is 42.6 Å². The molecule has 1 aliphatic rings. The molecule has 0 spiro atoms. The average Bonchev–Trinajstić information content (AvgIpc) is 3.25. The number of carbonyl (C=O) groups is 2. The number of anilines is 1. The van der Waals surface area contributed by atoms with Crippen molar-refractivity contribution in [3.63, 3.8) is 0 Å². The molecule has 11 nitrogen and oxygen atoms in total. The van der Waals surface area contributed by atoms with E-state index in [1.807, 2.05) is 12.1 Å². The molecule has 0 fully saturated rings. The minimum Gasteiger partial charge on any atom is -0.497 e. The molecule has 3 aromatic rings. The van der Waals surface area contributed by atoms with Crippen molar-refractivity contribution >= 4 is 17.6 Å². The van der Waals surface area contributed by atoms with Gasteiger partial charge in [-0.25, -0.2) is 4.98 Å². The van der Waals surface area contributed by atoms with Gasteiger partial charge in [-0.05, 0) is 36.6 Å². The molecule has 2 unspecified atom stereocenters. The predicted molar refractivity (Wildman–Crippen MR) is 137 cm³/mol. The molecule has 0 radical (unpaired) electrons. The van der Waals surface area contributed by atoms with Gasteiger partial charge >= 0.3 is 12.1 Å². The van der Waals surface area contributed by atoms with Gasteiger partial charge in [-0.3, -0.25) is 9.59 Å². The van der Waals surface area contributed by atoms with Crippen LogP contribution in [0.5, 0.6) is 11.5 Å². The van der Waals surface area contributed by atoms with Crippen molar-refractivity contribution in [3.8, 4) is 11.5 Å². The van der Waals surface area contributed by atoms with Crippen LogP contribution in [0, 0.1) is 5.92 Å². The number of hydrogen-bond donors (Lipinski definition) is 2. The van der Waals surface area contributed by atoms with Gasteiger partial charge in [0.15, 0.2) is 5.82 Å². The minimum absolute atomic E-state index is 0.0687. The molecular formula is C27H29F3N4O7. The van der Waals surface area contributed by atoms with Crippen molar-refractivity contribution in [2.24, 2.45) is 5.92 Å². The van der Waals surface area contributed by atoms with Gasteiger partial charge in [-0.15, -0.1) is 0 Å². The summed E-state index contributed by atoms with van der Waals surface area (Å²) >= 11 is 0. The maximum absolute atomic E-state index is 13.4. The molecule has 2 atom stereocenters. The van der Waals surface area contributed by atoms with Crippen molar-refractivity contribution in [1.82, 2.24) is 15.1 Å². The number of fused-ring (bicyclic) bond motifs is 1. The standard InChI is InChI=1S/C27H29F3N4O7/c1-38-18-10-16(11-19(12-18)39-2)20(23(26(36)37)24(35)27(28,29)30)13-22-33-21(34-41-22)5-3-4-17-7-6-15-14-40-9-8-31-25(15)32-17/h6-7,10-12,20,23H,3-5,8-9,13-14H2,1-2H3,(H,31,32)(H,36,37). The fourth-order valence-corrected chi connectivity index (χ4v) is 4.57. The number of nitrogens with one attached hydrogen (secondary N) is 1. The molecule has 1 aliphatic heterocycles. The summed E-state index contributed by atoms with van der Waals surface area (Å²) in [5, 5.41) is 16.9. The number of carboxylic acid groups (broad SMARTS) is 1. The molecule has 0 amide bonds. The van der Waals surface area contributed by atoms with E-state index in [9.17, 15) is 27.9 Å². The molecular weight excluding hydrogens is 549 g/mol. The predicted octanol–water partition coefficient (Wildman–Crippen LogP) is 3.76. The van der Waals surface area contributed by atoms with E-state index in [-0.39, 0.29) is 28.8 Å². The summed E-state index contributed by atoms with van der Waals surface area (Å²) in [5.74, 6) is -6.96. The molecule has 0 saturated carbocycles. The second kappa shape index (κ2) is 13.0. The number of halogens is 3. The van der Waals surface area contributed by atoms with Crippen LogP contribution in [0.3, 0.4) is 0 Å². The number of pyridine rings is 1. The van der Waals surface area contributed by atoms with Crippen molar-refractivity contribution in [2.45, 2.75) is 44.4 Å². The minimum atomic E-state index is -5.38. The molecule has 3 heterocycles. The highest BCUT2D eigenvalue weighted by atomic mass is 19.4. The first-order valence-electron chi connectivity index (χ1n) is 12.8.